The summed E-state index contributed by atoms with van der Waals surface area (Å²) in [5, 5.41) is 23.0. The number of hydrogen-bond donors (Lipinski definition) is 1. The van der Waals surface area contributed by atoms with Crippen molar-refractivity contribution in [2.75, 3.05) is 31.2 Å². The van der Waals surface area contributed by atoms with E-state index in [1.807, 2.05) is 18.2 Å². The van der Waals surface area contributed by atoms with Crippen LogP contribution in [-0.2, 0) is 4.74 Å². The van der Waals surface area contributed by atoms with Gasteiger partial charge in [0.1, 0.15) is 29.3 Å². The van der Waals surface area contributed by atoms with E-state index in [4.69, 9.17) is 4.74 Å². The number of phenols is 1. The Morgan fingerprint density at radius 2 is 1.86 bits per heavy atom. The molecule has 0 saturated carbocycles. The van der Waals surface area contributed by atoms with E-state index in [1.54, 1.807) is 40.1 Å². The van der Waals surface area contributed by atoms with E-state index in [1.165, 1.54) is 6.33 Å². The minimum Gasteiger partial charge on any atom is -0.507 e. The number of ether oxygens (including phenoxy) is 1. The first kappa shape index (κ1) is 17.3. The Balaban J connectivity index is 1.65. The van der Waals surface area contributed by atoms with E-state index >= 15 is 0 Å². The smallest absolute Gasteiger partial charge is 0.159 e. The number of nitrogens with zero attached hydrogens (tertiary/aromatic N) is 8. The van der Waals surface area contributed by atoms with Crippen molar-refractivity contribution in [2.24, 2.45) is 0 Å². The fourth-order valence-corrected chi connectivity index (χ4v) is 3.36. The van der Waals surface area contributed by atoms with Crippen LogP contribution in [-0.4, -0.2) is 66.2 Å². The molecule has 0 spiro atoms. The number of phenolic OH excluding ortho intramolecular Hbond substituents is 1. The lowest BCUT2D eigenvalue weighted by Gasteiger charge is -2.27. The van der Waals surface area contributed by atoms with Crippen LogP contribution in [0.15, 0.2) is 55.2 Å². The van der Waals surface area contributed by atoms with Crippen LogP contribution in [0.3, 0.4) is 0 Å². The van der Waals surface area contributed by atoms with Gasteiger partial charge in [0.25, 0.3) is 0 Å². The highest BCUT2D eigenvalue weighted by Crippen LogP contribution is 2.34. The zero-order valence-corrected chi connectivity index (χ0v) is 15.5. The van der Waals surface area contributed by atoms with Gasteiger partial charge in [-0.25, -0.2) is 19.3 Å². The van der Waals surface area contributed by atoms with Gasteiger partial charge in [0.05, 0.1) is 31.8 Å². The maximum absolute atomic E-state index is 10.5. The lowest BCUT2D eigenvalue weighted by molar-refractivity contribution is 0.122. The average Bonchev–Trinajstić information content (AvgIpc) is 3.45. The molecule has 0 radical (unpaired) electrons. The zero-order chi connectivity index (χ0) is 19.6. The second-order valence-electron chi connectivity index (χ2n) is 6.49. The quantitative estimate of drug-likeness (QED) is 0.558. The molecule has 146 valence electrons. The summed E-state index contributed by atoms with van der Waals surface area (Å²) in [7, 11) is 0. The Bertz CT molecular complexity index is 1120. The molecule has 10 nitrogen and oxygen atoms in total. The molecule has 4 aromatic rings. The van der Waals surface area contributed by atoms with Crippen molar-refractivity contribution in [3.8, 4) is 28.5 Å². The molecule has 0 unspecified atom stereocenters. The Kier molecular flexibility index (Phi) is 4.37. The Morgan fingerprint density at radius 3 is 2.66 bits per heavy atom. The number of morpholine rings is 1. The van der Waals surface area contributed by atoms with Gasteiger partial charge in [-0.1, -0.05) is 17.3 Å². The maximum atomic E-state index is 10.5. The van der Waals surface area contributed by atoms with Crippen molar-refractivity contribution in [3.05, 3.63) is 55.2 Å². The first-order valence-corrected chi connectivity index (χ1v) is 9.19. The molecule has 10 heteroatoms. The number of anilines is 1. The van der Waals surface area contributed by atoms with Crippen molar-refractivity contribution >= 4 is 5.82 Å². The van der Waals surface area contributed by atoms with Crippen LogP contribution in [0.5, 0.6) is 5.75 Å². The average molecular weight is 390 g/mol. The molecule has 4 heterocycles. The molecule has 0 bridgehead atoms. The second kappa shape index (κ2) is 7.32. The predicted octanol–water partition coefficient (Wildman–Crippen LogP) is 1.45. The summed E-state index contributed by atoms with van der Waals surface area (Å²) in [5.74, 6) is 1.53. The van der Waals surface area contributed by atoms with Gasteiger partial charge in [0, 0.05) is 24.7 Å². The van der Waals surface area contributed by atoms with Crippen molar-refractivity contribution in [1.29, 1.82) is 0 Å². The molecule has 29 heavy (non-hydrogen) atoms. The number of para-hydroxylation sites is 1. The maximum Gasteiger partial charge on any atom is 0.159 e. The van der Waals surface area contributed by atoms with Gasteiger partial charge in [0.2, 0.25) is 0 Å². The molecule has 1 N–H and O–H groups in total. The topological polar surface area (TPSA) is 107 Å². The lowest BCUT2D eigenvalue weighted by Crippen LogP contribution is -2.36. The minimum atomic E-state index is 0.137. The van der Waals surface area contributed by atoms with Gasteiger partial charge in [0.15, 0.2) is 5.82 Å². The Hall–Kier alpha value is -3.79. The first-order chi connectivity index (χ1) is 14.3. The van der Waals surface area contributed by atoms with Gasteiger partial charge in [-0.3, -0.25) is 0 Å². The molecule has 0 aliphatic carbocycles. The summed E-state index contributed by atoms with van der Waals surface area (Å²) < 4.78 is 8.71. The van der Waals surface area contributed by atoms with E-state index in [9.17, 15) is 5.11 Å². The van der Waals surface area contributed by atoms with Crippen molar-refractivity contribution in [3.63, 3.8) is 0 Å². The zero-order valence-electron chi connectivity index (χ0n) is 15.5. The molecule has 1 aliphatic rings. The van der Waals surface area contributed by atoms with Crippen molar-refractivity contribution in [2.45, 2.75) is 0 Å². The highest BCUT2D eigenvalue weighted by Gasteiger charge is 2.21. The van der Waals surface area contributed by atoms with E-state index in [0.29, 0.717) is 36.0 Å². The highest BCUT2D eigenvalue weighted by molar-refractivity contribution is 5.75. The van der Waals surface area contributed by atoms with Crippen LogP contribution in [0, 0.1) is 0 Å². The SMILES string of the molecule is Oc1ccccc1-c1c(-n2ccnn2)cnn1-c1cc(N2CCOCC2)ncn1. The van der Waals surface area contributed by atoms with Gasteiger partial charge >= 0.3 is 0 Å². The lowest BCUT2D eigenvalue weighted by atomic mass is 10.1. The summed E-state index contributed by atoms with van der Waals surface area (Å²) >= 11 is 0. The molecule has 3 aromatic heterocycles. The number of rotatable bonds is 4. The van der Waals surface area contributed by atoms with E-state index in [-0.39, 0.29) is 5.75 Å². The van der Waals surface area contributed by atoms with Gasteiger partial charge in [-0.15, -0.1) is 5.10 Å². The number of aromatic hydroxyl groups is 1. The largest absolute Gasteiger partial charge is 0.507 e. The van der Waals surface area contributed by atoms with E-state index < -0.39 is 0 Å². The predicted molar refractivity (Wildman–Crippen MR) is 104 cm³/mol. The summed E-state index contributed by atoms with van der Waals surface area (Å²) in [6.07, 6.45) is 6.51. The highest BCUT2D eigenvalue weighted by atomic mass is 16.5. The van der Waals surface area contributed by atoms with E-state index in [0.717, 1.165) is 18.9 Å². The van der Waals surface area contributed by atoms with Crippen molar-refractivity contribution in [1.82, 2.24) is 34.7 Å². The van der Waals surface area contributed by atoms with Crippen LogP contribution < -0.4 is 4.90 Å². The Labute approximate surface area is 166 Å². The van der Waals surface area contributed by atoms with Crippen LogP contribution in [0.4, 0.5) is 5.82 Å². The summed E-state index contributed by atoms with van der Waals surface area (Å²) in [4.78, 5) is 11.0. The number of hydrogen-bond acceptors (Lipinski definition) is 8. The third-order valence-electron chi connectivity index (χ3n) is 4.77. The molecule has 0 amide bonds. The fraction of sp³-hybridized carbons (Fsp3) is 0.211. The molecule has 1 fully saturated rings. The van der Waals surface area contributed by atoms with E-state index in [2.05, 4.69) is 30.3 Å². The minimum absolute atomic E-state index is 0.137. The summed E-state index contributed by atoms with van der Waals surface area (Å²) in [6.45, 7) is 2.87. The van der Waals surface area contributed by atoms with Gasteiger partial charge in [-0.2, -0.15) is 5.10 Å². The van der Waals surface area contributed by atoms with Gasteiger partial charge in [-0.05, 0) is 12.1 Å². The van der Waals surface area contributed by atoms with Crippen LogP contribution in [0.25, 0.3) is 22.8 Å². The Morgan fingerprint density at radius 1 is 1.03 bits per heavy atom. The second-order valence-corrected chi connectivity index (χ2v) is 6.49. The molecule has 1 aliphatic heterocycles. The molecule has 5 rings (SSSR count). The van der Waals surface area contributed by atoms with Crippen LogP contribution in [0.2, 0.25) is 0 Å². The number of aromatic nitrogens is 7. The first-order valence-electron chi connectivity index (χ1n) is 9.19. The molecule has 0 atom stereocenters. The molecule has 1 saturated heterocycles. The van der Waals surface area contributed by atoms with Crippen molar-refractivity contribution < 1.29 is 9.84 Å². The normalized spacial score (nSPS) is 14.3. The van der Waals surface area contributed by atoms with Crippen LogP contribution in [0.1, 0.15) is 0 Å². The third-order valence-corrected chi connectivity index (χ3v) is 4.77. The molecular weight excluding hydrogens is 372 g/mol. The number of benzene rings is 1. The monoisotopic (exact) mass is 390 g/mol. The molecule has 1 aromatic carbocycles. The summed E-state index contributed by atoms with van der Waals surface area (Å²) in [6, 6.07) is 8.98. The summed E-state index contributed by atoms with van der Waals surface area (Å²) in [5.41, 5.74) is 1.94. The standard InChI is InChI=1S/C19H18N8O2/c28-16-4-2-1-3-14(16)19-15(26-6-5-22-24-26)12-23-27(19)18-11-17(20-13-21-18)25-7-9-29-10-8-25/h1-6,11-13,28H,7-10H2. The fourth-order valence-electron chi connectivity index (χ4n) is 3.36. The third kappa shape index (κ3) is 3.19. The van der Waals surface area contributed by atoms with Gasteiger partial charge < -0.3 is 14.7 Å². The molecular formula is C19H18N8O2. The van der Waals surface area contributed by atoms with Crippen LogP contribution >= 0.6 is 0 Å².